The van der Waals surface area contributed by atoms with Gasteiger partial charge in [0.25, 0.3) is 0 Å². The molecule has 2 N–H and O–H groups in total. The molecule has 4 bridgehead atoms. The molecule has 5 nitrogen and oxygen atoms in total. The van der Waals surface area contributed by atoms with Crippen molar-refractivity contribution in [3.8, 4) is 0 Å². The fourth-order valence-corrected chi connectivity index (χ4v) is 4.91. The van der Waals surface area contributed by atoms with Crippen molar-refractivity contribution in [2.45, 2.75) is 49.7 Å². The zero-order valence-corrected chi connectivity index (χ0v) is 10.7. The molecular weight excluding hydrogens is 248 g/mol. The van der Waals surface area contributed by atoms with Crippen LogP contribution in [0.4, 0.5) is 0 Å². The lowest BCUT2D eigenvalue weighted by Crippen LogP contribution is -2.66. The molecule has 104 valence electrons. The molecular formula is C14H18O5. The molecule has 0 aliphatic heterocycles. The predicted molar refractivity (Wildman–Crippen MR) is 65.2 cm³/mol. The van der Waals surface area contributed by atoms with E-state index in [2.05, 4.69) is 6.58 Å². The molecule has 4 fully saturated rings. The van der Waals surface area contributed by atoms with E-state index in [1.165, 1.54) is 0 Å². The number of ether oxygens (including phenoxy) is 1. The molecule has 0 aromatic rings. The summed E-state index contributed by atoms with van der Waals surface area (Å²) >= 11 is 0. The number of hydrogen-bond donors (Lipinski definition) is 2. The van der Waals surface area contributed by atoms with Crippen LogP contribution in [-0.4, -0.2) is 33.4 Å². The summed E-state index contributed by atoms with van der Waals surface area (Å²) < 4.78 is 5.46. The third-order valence-electron chi connectivity index (χ3n) is 4.93. The van der Waals surface area contributed by atoms with E-state index in [9.17, 15) is 19.8 Å². The molecule has 0 heterocycles. The van der Waals surface area contributed by atoms with Gasteiger partial charge in [-0.3, -0.25) is 4.79 Å². The van der Waals surface area contributed by atoms with Crippen LogP contribution < -0.4 is 0 Å². The van der Waals surface area contributed by atoms with E-state index >= 15 is 0 Å². The largest absolute Gasteiger partial charge is 0.481 e. The lowest BCUT2D eigenvalue weighted by atomic mass is 9.46. The minimum atomic E-state index is -1.00. The van der Waals surface area contributed by atoms with Gasteiger partial charge in [0, 0.05) is 18.9 Å². The van der Waals surface area contributed by atoms with Crippen LogP contribution in [0.25, 0.3) is 0 Å². The van der Waals surface area contributed by atoms with Gasteiger partial charge in [-0.25, -0.2) is 4.79 Å². The van der Waals surface area contributed by atoms with Gasteiger partial charge in [-0.2, -0.15) is 0 Å². The second kappa shape index (κ2) is 3.60. The highest BCUT2D eigenvalue weighted by atomic mass is 16.6. The molecule has 0 radical (unpaired) electrons. The Morgan fingerprint density at radius 2 is 1.95 bits per heavy atom. The van der Waals surface area contributed by atoms with Crippen LogP contribution in [0.3, 0.4) is 0 Å². The molecule has 0 amide bonds. The highest BCUT2D eigenvalue weighted by molar-refractivity contribution is 5.82. The first-order chi connectivity index (χ1) is 8.80. The molecule has 4 unspecified atom stereocenters. The summed E-state index contributed by atoms with van der Waals surface area (Å²) in [6.45, 7) is 3.38. The van der Waals surface area contributed by atoms with E-state index < -0.39 is 28.6 Å². The molecule has 4 aliphatic rings. The first kappa shape index (κ1) is 12.7. The quantitative estimate of drug-likeness (QED) is 0.593. The van der Waals surface area contributed by atoms with Crippen molar-refractivity contribution in [1.82, 2.24) is 0 Å². The first-order valence-corrected chi connectivity index (χ1v) is 6.62. The SMILES string of the molecule is C=CC(=O)OC12CC3CC(O)(C1)CC(C(=O)O)(C3)C2. The summed E-state index contributed by atoms with van der Waals surface area (Å²) in [4.78, 5) is 23.1. The van der Waals surface area contributed by atoms with Gasteiger partial charge in [0.2, 0.25) is 0 Å². The van der Waals surface area contributed by atoms with Gasteiger partial charge >= 0.3 is 11.9 Å². The van der Waals surface area contributed by atoms with Crippen LogP contribution in [0.2, 0.25) is 0 Å². The Morgan fingerprint density at radius 3 is 2.53 bits per heavy atom. The average Bonchev–Trinajstić information content (AvgIpc) is 2.24. The molecule has 5 heteroatoms. The highest BCUT2D eigenvalue weighted by Crippen LogP contribution is 2.64. The molecule has 0 aromatic heterocycles. The fourth-order valence-electron chi connectivity index (χ4n) is 4.91. The van der Waals surface area contributed by atoms with Gasteiger partial charge in [0.05, 0.1) is 11.0 Å². The second-order valence-corrected chi connectivity index (χ2v) is 6.63. The van der Waals surface area contributed by atoms with E-state index in [1.807, 2.05) is 0 Å². The van der Waals surface area contributed by atoms with Crippen LogP contribution in [0.1, 0.15) is 38.5 Å². The minimum Gasteiger partial charge on any atom is -0.481 e. The standard InChI is InChI=1S/C14H18O5/c1-2-10(15)19-14-5-9-3-12(7-14,11(16)17)6-13(18,4-9)8-14/h2,9,18H,1,3-8H2,(H,16,17). The number of hydrogen-bond acceptors (Lipinski definition) is 4. The van der Waals surface area contributed by atoms with Gasteiger partial charge in [0.15, 0.2) is 0 Å². The molecule has 0 aromatic carbocycles. The van der Waals surface area contributed by atoms with E-state index in [1.54, 1.807) is 0 Å². The van der Waals surface area contributed by atoms with Crippen molar-refractivity contribution >= 4 is 11.9 Å². The Labute approximate surface area is 111 Å². The van der Waals surface area contributed by atoms with Gasteiger partial charge in [-0.1, -0.05) is 6.58 Å². The van der Waals surface area contributed by atoms with Crippen molar-refractivity contribution < 1.29 is 24.5 Å². The number of aliphatic carboxylic acids is 1. The summed E-state index contributed by atoms with van der Waals surface area (Å²) in [5, 5.41) is 20.1. The summed E-state index contributed by atoms with van der Waals surface area (Å²) in [5.74, 6) is -1.30. The van der Waals surface area contributed by atoms with E-state index in [0.717, 1.165) is 6.08 Å². The number of aliphatic hydroxyl groups is 1. The van der Waals surface area contributed by atoms with Crippen LogP contribution in [0.15, 0.2) is 12.7 Å². The average molecular weight is 266 g/mol. The highest BCUT2D eigenvalue weighted by Gasteiger charge is 2.67. The molecule has 4 aliphatic carbocycles. The minimum absolute atomic E-state index is 0.120. The lowest BCUT2D eigenvalue weighted by molar-refractivity contribution is -0.243. The number of rotatable bonds is 3. The van der Waals surface area contributed by atoms with Crippen molar-refractivity contribution in [3.63, 3.8) is 0 Å². The number of carbonyl (C=O) groups excluding carboxylic acids is 1. The Bertz CT molecular complexity index is 472. The number of esters is 1. The lowest BCUT2D eigenvalue weighted by Gasteiger charge is -2.62. The Hall–Kier alpha value is -1.36. The van der Waals surface area contributed by atoms with Crippen LogP contribution in [-0.2, 0) is 14.3 Å². The molecule has 4 rings (SSSR count). The van der Waals surface area contributed by atoms with E-state index in [0.29, 0.717) is 32.1 Å². The van der Waals surface area contributed by atoms with Crippen molar-refractivity contribution in [2.75, 3.05) is 0 Å². The molecule has 19 heavy (non-hydrogen) atoms. The Kier molecular flexibility index (Phi) is 2.40. The Morgan fingerprint density at radius 1 is 1.21 bits per heavy atom. The Balaban J connectivity index is 1.98. The summed E-state index contributed by atoms with van der Waals surface area (Å²) in [6.07, 6.45) is 3.89. The van der Waals surface area contributed by atoms with Crippen LogP contribution in [0.5, 0.6) is 0 Å². The molecule has 0 saturated heterocycles. The molecule has 4 atom stereocenters. The third kappa shape index (κ3) is 1.79. The molecule has 0 spiro atoms. The van der Waals surface area contributed by atoms with Crippen LogP contribution in [0, 0.1) is 11.3 Å². The van der Waals surface area contributed by atoms with Crippen molar-refractivity contribution in [1.29, 1.82) is 0 Å². The van der Waals surface area contributed by atoms with E-state index in [4.69, 9.17) is 4.74 Å². The third-order valence-corrected chi connectivity index (χ3v) is 4.93. The summed E-state index contributed by atoms with van der Waals surface area (Å²) in [6, 6.07) is 0. The van der Waals surface area contributed by atoms with Gasteiger partial charge in [-0.05, 0) is 31.6 Å². The maximum absolute atomic E-state index is 11.6. The smallest absolute Gasteiger partial charge is 0.330 e. The normalized spacial score (nSPS) is 46.9. The fraction of sp³-hybridized carbons (Fsp3) is 0.714. The first-order valence-electron chi connectivity index (χ1n) is 6.62. The molecule has 4 saturated carbocycles. The van der Waals surface area contributed by atoms with Crippen LogP contribution >= 0.6 is 0 Å². The van der Waals surface area contributed by atoms with Crippen molar-refractivity contribution in [3.05, 3.63) is 12.7 Å². The predicted octanol–water partition coefficient (Wildman–Crippen LogP) is 1.25. The zero-order valence-electron chi connectivity index (χ0n) is 10.7. The second-order valence-electron chi connectivity index (χ2n) is 6.63. The number of carbonyl (C=O) groups is 2. The number of carboxylic acid groups (broad SMARTS) is 1. The van der Waals surface area contributed by atoms with Crippen molar-refractivity contribution in [2.24, 2.45) is 11.3 Å². The monoisotopic (exact) mass is 266 g/mol. The maximum Gasteiger partial charge on any atom is 0.330 e. The maximum atomic E-state index is 11.6. The topological polar surface area (TPSA) is 83.8 Å². The number of carboxylic acids is 1. The van der Waals surface area contributed by atoms with E-state index in [-0.39, 0.29) is 12.3 Å². The van der Waals surface area contributed by atoms with Gasteiger partial charge < -0.3 is 14.9 Å². The van der Waals surface area contributed by atoms with Gasteiger partial charge in [0.1, 0.15) is 5.60 Å². The summed E-state index contributed by atoms with van der Waals surface area (Å²) in [5.41, 5.74) is -2.76. The van der Waals surface area contributed by atoms with Gasteiger partial charge in [-0.15, -0.1) is 0 Å². The zero-order chi connectivity index (χ0) is 13.9. The summed E-state index contributed by atoms with van der Waals surface area (Å²) in [7, 11) is 0.